The standard InChI is InChI=1S/C22H27F2N7O3S2/c23-22(24)31-5-3-17(27-31)16-10-26-20(21-25-4-6-35-21)30-11-14(9-18(16)30)28-36(33,34)29-19-12-1-2-13(19)8-15(32)7-12/h3-6,12-15,19,22,28-29,32H,1-2,7-11H2. The summed E-state index contributed by atoms with van der Waals surface area (Å²) in [6, 6.07) is 0.915. The van der Waals surface area contributed by atoms with Gasteiger partial charge in [-0.05, 0) is 43.6 Å². The lowest BCUT2D eigenvalue weighted by molar-refractivity contribution is 0.0564. The van der Waals surface area contributed by atoms with Crippen molar-refractivity contribution in [2.45, 2.75) is 56.8 Å². The van der Waals surface area contributed by atoms with Crippen LogP contribution in [-0.2, 0) is 10.2 Å². The van der Waals surface area contributed by atoms with E-state index >= 15 is 0 Å². The van der Waals surface area contributed by atoms with E-state index in [1.165, 1.54) is 23.6 Å². The number of nitrogens with zero attached hydrogens (tertiary/aromatic N) is 5. The largest absolute Gasteiger partial charge is 0.393 e. The van der Waals surface area contributed by atoms with E-state index in [9.17, 15) is 22.3 Å². The van der Waals surface area contributed by atoms with Gasteiger partial charge < -0.3 is 10.0 Å². The van der Waals surface area contributed by atoms with Gasteiger partial charge in [-0.25, -0.2) is 9.67 Å². The first-order chi connectivity index (χ1) is 17.3. The van der Waals surface area contributed by atoms with Gasteiger partial charge in [0.05, 0.1) is 18.3 Å². The first kappa shape index (κ1) is 24.1. The molecule has 3 fully saturated rings. The lowest BCUT2D eigenvalue weighted by Gasteiger charge is -2.33. The highest BCUT2D eigenvalue weighted by Crippen LogP contribution is 2.42. The molecule has 2 aromatic rings. The predicted molar refractivity (Wildman–Crippen MR) is 129 cm³/mol. The van der Waals surface area contributed by atoms with Crippen molar-refractivity contribution in [2.75, 3.05) is 13.1 Å². The molecule has 4 heterocycles. The Kier molecular flexibility index (Phi) is 6.19. The average molecular weight is 540 g/mol. The average Bonchev–Trinajstić information content (AvgIpc) is 3.60. The molecule has 0 amide bonds. The van der Waals surface area contributed by atoms with E-state index in [2.05, 4.69) is 24.5 Å². The molecule has 10 nitrogen and oxygen atoms in total. The van der Waals surface area contributed by atoms with E-state index < -0.39 is 22.8 Å². The fraction of sp³-hybridized carbons (Fsp3) is 0.591. The number of aliphatic imine (C=N–C) groups is 1. The monoisotopic (exact) mass is 539 g/mol. The Morgan fingerprint density at radius 1 is 1.19 bits per heavy atom. The lowest BCUT2D eigenvalue weighted by atomic mass is 9.83. The Morgan fingerprint density at radius 2 is 1.97 bits per heavy atom. The minimum absolute atomic E-state index is 0.146. The lowest BCUT2D eigenvalue weighted by Crippen LogP contribution is -2.52. The second-order valence-electron chi connectivity index (χ2n) is 9.86. The molecule has 194 valence electrons. The number of halogens is 2. The van der Waals surface area contributed by atoms with Gasteiger partial charge in [0.1, 0.15) is 0 Å². The number of fused-ring (bicyclic) bond motifs is 3. The second-order valence-corrected chi connectivity index (χ2v) is 12.2. The molecule has 0 aromatic carbocycles. The van der Waals surface area contributed by atoms with Gasteiger partial charge in [-0.1, -0.05) is 0 Å². The van der Waals surface area contributed by atoms with Gasteiger partial charge in [0.15, 0.2) is 10.8 Å². The minimum atomic E-state index is -3.81. The normalized spacial score (nSPS) is 30.3. The topological polar surface area (TPSA) is 125 Å². The molecule has 2 aromatic heterocycles. The van der Waals surface area contributed by atoms with Crippen molar-refractivity contribution < 1.29 is 22.3 Å². The molecule has 1 saturated heterocycles. The van der Waals surface area contributed by atoms with Crippen LogP contribution in [0.15, 0.2) is 34.5 Å². The smallest absolute Gasteiger partial charge is 0.333 e. The molecule has 2 saturated carbocycles. The molecular formula is C22H27F2N7O3S2. The quantitative estimate of drug-likeness (QED) is 0.494. The van der Waals surface area contributed by atoms with E-state index in [-0.39, 0.29) is 30.5 Å². The highest BCUT2D eigenvalue weighted by Gasteiger charge is 2.45. The van der Waals surface area contributed by atoms with Crippen LogP contribution in [0.5, 0.6) is 0 Å². The maximum atomic E-state index is 13.1. The SMILES string of the molecule is O=S(=O)(NC1CC2=C(c3ccn(C(F)F)n3)CN=C(c3nccs3)N2C1)NC1C2CCC1CC(O)C2. The summed E-state index contributed by atoms with van der Waals surface area (Å²) in [5, 5.41) is 16.6. The molecule has 3 unspecified atom stereocenters. The van der Waals surface area contributed by atoms with Gasteiger partial charge in [0.25, 0.3) is 10.2 Å². The first-order valence-corrected chi connectivity index (χ1v) is 14.4. The second kappa shape index (κ2) is 9.24. The molecule has 6 rings (SSSR count). The molecule has 2 aliphatic heterocycles. The molecule has 4 aliphatic rings. The van der Waals surface area contributed by atoms with Gasteiger partial charge in [-0.3, -0.25) is 4.99 Å². The van der Waals surface area contributed by atoms with Gasteiger partial charge in [0.2, 0.25) is 0 Å². The molecular weight excluding hydrogens is 512 g/mol. The summed E-state index contributed by atoms with van der Waals surface area (Å²) in [7, 11) is -3.81. The Hall–Kier alpha value is -2.26. The van der Waals surface area contributed by atoms with Crippen LogP contribution < -0.4 is 9.44 Å². The highest BCUT2D eigenvalue weighted by molar-refractivity contribution is 7.87. The molecule has 2 bridgehead atoms. The van der Waals surface area contributed by atoms with Crippen LogP contribution in [0.1, 0.15) is 49.4 Å². The van der Waals surface area contributed by atoms with Crippen LogP contribution in [0, 0.1) is 11.8 Å². The summed E-state index contributed by atoms with van der Waals surface area (Å²) in [5.74, 6) is 0.937. The number of aromatic nitrogens is 3. The number of hydrogen-bond acceptors (Lipinski definition) is 8. The summed E-state index contributed by atoms with van der Waals surface area (Å²) in [4.78, 5) is 11.0. The molecule has 3 N–H and O–H groups in total. The number of aliphatic hydroxyl groups excluding tert-OH is 1. The van der Waals surface area contributed by atoms with Crippen LogP contribution >= 0.6 is 11.3 Å². The van der Waals surface area contributed by atoms with Crippen LogP contribution in [0.4, 0.5) is 8.78 Å². The zero-order valence-corrected chi connectivity index (χ0v) is 20.9. The Labute approximate surface area is 211 Å². The molecule has 3 atom stereocenters. The van der Waals surface area contributed by atoms with E-state index in [1.807, 2.05) is 10.3 Å². The molecule has 0 radical (unpaired) electrons. The van der Waals surface area contributed by atoms with E-state index in [0.29, 0.717) is 52.6 Å². The summed E-state index contributed by atoms with van der Waals surface area (Å²) < 4.78 is 58.8. The maximum absolute atomic E-state index is 13.1. The number of alkyl halides is 2. The van der Waals surface area contributed by atoms with Crippen molar-refractivity contribution in [2.24, 2.45) is 16.8 Å². The van der Waals surface area contributed by atoms with Gasteiger partial charge in [-0.15, -0.1) is 11.3 Å². The van der Waals surface area contributed by atoms with Crippen molar-refractivity contribution >= 4 is 33.0 Å². The minimum Gasteiger partial charge on any atom is -0.393 e. The number of nitrogens with one attached hydrogen (secondary N) is 2. The molecule has 2 aliphatic carbocycles. The van der Waals surface area contributed by atoms with Crippen LogP contribution in [0.25, 0.3) is 5.57 Å². The predicted octanol–water partition coefficient (Wildman–Crippen LogP) is 1.95. The van der Waals surface area contributed by atoms with Crippen molar-refractivity contribution in [3.63, 3.8) is 0 Å². The number of aliphatic hydroxyl groups is 1. The van der Waals surface area contributed by atoms with Crippen molar-refractivity contribution in [1.29, 1.82) is 0 Å². The fourth-order valence-electron chi connectivity index (χ4n) is 6.12. The van der Waals surface area contributed by atoms with E-state index in [1.54, 1.807) is 6.20 Å². The third-order valence-corrected chi connectivity index (χ3v) is 9.58. The maximum Gasteiger partial charge on any atom is 0.333 e. The summed E-state index contributed by atoms with van der Waals surface area (Å²) in [6.45, 7) is -2.17. The molecule has 14 heteroatoms. The van der Waals surface area contributed by atoms with Crippen molar-refractivity contribution in [3.8, 4) is 0 Å². The van der Waals surface area contributed by atoms with Gasteiger partial charge in [0, 0.05) is 54.1 Å². The Bertz CT molecular complexity index is 1280. The van der Waals surface area contributed by atoms with Gasteiger partial charge in [-0.2, -0.15) is 31.7 Å². The van der Waals surface area contributed by atoms with Crippen LogP contribution in [-0.4, -0.2) is 70.3 Å². The zero-order valence-electron chi connectivity index (χ0n) is 19.3. The number of thiazole rings is 1. The third-order valence-electron chi connectivity index (χ3n) is 7.59. The van der Waals surface area contributed by atoms with Crippen LogP contribution in [0.2, 0.25) is 0 Å². The highest BCUT2D eigenvalue weighted by atomic mass is 32.2. The third kappa shape index (κ3) is 4.49. The summed E-state index contributed by atoms with van der Waals surface area (Å²) in [5.41, 5.74) is 1.91. The summed E-state index contributed by atoms with van der Waals surface area (Å²) in [6.07, 6.45) is 6.00. The van der Waals surface area contributed by atoms with E-state index in [0.717, 1.165) is 18.5 Å². The Morgan fingerprint density at radius 3 is 2.64 bits per heavy atom. The molecule has 36 heavy (non-hydrogen) atoms. The van der Waals surface area contributed by atoms with Crippen molar-refractivity contribution in [1.82, 2.24) is 29.1 Å². The number of rotatable bonds is 7. The Balaban J connectivity index is 1.24. The van der Waals surface area contributed by atoms with Gasteiger partial charge >= 0.3 is 6.55 Å². The zero-order chi connectivity index (χ0) is 25.0. The van der Waals surface area contributed by atoms with Crippen LogP contribution in [0.3, 0.4) is 0 Å². The number of amidine groups is 1. The first-order valence-electron chi connectivity index (χ1n) is 12.0. The summed E-state index contributed by atoms with van der Waals surface area (Å²) >= 11 is 1.43. The van der Waals surface area contributed by atoms with E-state index in [4.69, 9.17) is 0 Å². The molecule has 0 spiro atoms. The fourth-order valence-corrected chi connectivity index (χ4v) is 8.18. The number of hydrogen-bond donors (Lipinski definition) is 3. The van der Waals surface area contributed by atoms with Crippen molar-refractivity contribution in [3.05, 3.63) is 40.2 Å².